The molecule has 1 atom stereocenters. The topological polar surface area (TPSA) is 58.6 Å². The maximum Gasteiger partial charge on any atom is 0.224 e. The summed E-state index contributed by atoms with van der Waals surface area (Å²) < 4.78 is 4.96. The lowest BCUT2D eigenvalue weighted by Gasteiger charge is -2.11. The van der Waals surface area contributed by atoms with E-state index in [1.54, 1.807) is 19.2 Å². The zero-order valence-electron chi connectivity index (χ0n) is 10.5. The summed E-state index contributed by atoms with van der Waals surface area (Å²) in [7, 11) is 1.61. The third-order valence-electron chi connectivity index (χ3n) is 2.41. The standard InChI is InChI=1S/C13H19NO3/c1-9-4-5-11(12(15)6-9)14-13(16)7-10(2)8-17-3/h4-6,10,15H,7-8H2,1-3H3,(H,14,16). The van der Waals surface area contributed by atoms with Crippen LogP contribution in [0.3, 0.4) is 0 Å². The van der Waals surface area contributed by atoms with Gasteiger partial charge in [-0.05, 0) is 30.5 Å². The summed E-state index contributed by atoms with van der Waals surface area (Å²) in [5, 5.41) is 12.3. The van der Waals surface area contributed by atoms with Crippen molar-refractivity contribution in [1.82, 2.24) is 0 Å². The van der Waals surface area contributed by atoms with Crippen molar-refractivity contribution in [2.45, 2.75) is 20.3 Å². The minimum absolute atomic E-state index is 0.0951. The zero-order valence-corrected chi connectivity index (χ0v) is 10.5. The molecule has 0 aromatic heterocycles. The lowest BCUT2D eigenvalue weighted by Crippen LogP contribution is -2.17. The predicted molar refractivity (Wildman–Crippen MR) is 67.1 cm³/mol. The molecule has 0 saturated heterocycles. The van der Waals surface area contributed by atoms with E-state index in [4.69, 9.17) is 4.74 Å². The largest absolute Gasteiger partial charge is 0.506 e. The highest BCUT2D eigenvalue weighted by atomic mass is 16.5. The molecule has 4 nitrogen and oxygen atoms in total. The minimum Gasteiger partial charge on any atom is -0.506 e. The van der Waals surface area contributed by atoms with Gasteiger partial charge >= 0.3 is 0 Å². The smallest absolute Gasteiger partial charge is 0.224 e. The molecule has 94 valence electrons. The number of carbonyl (C=O) groups is 1. The molecule has 0 spiro atoms. The fraction of sp³-hybridized carbons (Fsp3) is 0.462. The van der Waals surface area contributed by atoms with Gasteiger partial charge in [-0.15, -0.1) is 0 Å². The van der Waals surface area contributed by atoms with Crippen LogP contribution in [0, 0.1) is 12.8 Å². The number of aryl methyl sites for hydroxylation is 1. The quantitative estimate of drug-likeness (QED) is 0.773. The average molecular weight is 237 g/mol. The van der Waals surface area contributed by atoms with Gasteiger partial charge in [-0.3, -0.25) is 4.79 Å². The number of amides is 1. The van der Waals surface area contributed by atoms with Crippen LogP contribution in [0.4, 0.5) is 5.69 Å². The van der Waals surface area contributed by atoms with E-state index in [1.165, 1.54) is 0 Å². The lowest BCUT2D eigenvalue weighted by atomic mass is 10.1. The van der Waals surface area contributed by atoms with Crippen LogP contribution < -0.4 is 5.32 Å². The van der Waals surface area contributed by atoms with Gasteiger partial charge in [0.25, 0.3) is 0 Å². The molecule has 1 rings (SSSR count). The number of ether oxygens (including phenoxy) is 1. The van der Waals surface area contributed by atoms with Gasteiger partial charge < -0.3 is 15.2 Å². The van der Waals surface area contributed by atoms with Gasteiger partial charge in [0.05, 0.1) is 5.69 Å². The van der Waals surface area contributed by atoms with E-state index in [0.29, 0.717) is 18.7 Å². The van der Waals surface area contributed by atoms with Crippen LogP contribution >= 0.6 is 0 Å². The van der Waals surface area contributed by atoms with Crippen molar-refractivity contribution in [1.29, 1.82) is 0 Å². The molecule has 0 fully saturated rings. The molecule has 0 heterocycles. The number of methoxy groups -OCH3 is 1. The first kappa shape index (κ1) is 13.5. The first-order valence-electron chi connectivity index (χ1n) is 5.61. The number of nitrogens with one attached hydrogen (secondary N) is 1. The molecular weight excluding hydrogens is 218 g/mol. The monoisotopic (exact) mass is 237 g/mol. The van der Waals surface area contributed by atoms with E-state index in [-0.39, 0.29) is 17.6 Å². The van der Waals surface area contributed by atoms with E-state index in [2.05, 4.69) is 5.32 Å². The molecule has 0 bridgehead atoms. The summed E-state index contributed by atoms with van der Waals surface area (Å²) in [6.07, 6.45) is 0.376. The minimum atomic E-state index is -0.117. The maximum absolute atomic E-state index is 11.7. The highest BCUT2D eigenvalue weighted by Gasteiger charge is 2.10. The van der Waals surface area contributed by atoms with Crippen LogP contribution in [-0.4, -0.2) is 24.7 Å². The predicted octanol–water partition coefficient (Wildman–Crippen LogP) is 2.31. The van der Waals surface area contributed by atoms with Gasteiger partial charge in [0.2, 0.25) is 5.91 Å². The number of hydrogen-bond acceptors (Lipinski definition) is 3. The van der Waals surface area contributed by atoms with Crippen LogP contribution in [0.1, 0.15) is 18.9 Å². The number of aromatic hydroxyl groups is 1. The summed E-state index contributed by atoms with van der Waals surface area (Å²) in [5.74, 6) is 0.138. The van der Waals surface area contributed by atoms with Gasteiger partial charge in [0.1, 0.15) is 5.75 Å². The van der Waals surface area contributed by atoms with Crippen molar-refractivity contribution in [3.63, 3.8) is 0 Å². The van der Waals surface area contributed by atoms with E-state index in [0.717, 1.165) is 5.56 Å². The molecule has 4 heteroatoms. The second-order valence-corrected chi connectivity index (χ2v) is 4.33. The number of rotatable bonds is 5. The maximum atomic E-state index is 11.7. The third-order valence-corrected chi connectivity index (χ3v) is 2.41. The molecule has 0 radical (unpaired) electrons. The number of hydrogen-bond donors (Lipinski definition) is 2. The number of phenols is 1. The normalized spacial score (nSPS) is 12.2. The van der Waals surface area contributed by atoms with Crippen LogP contribution in [0.25, 0.3) is 0 Å². The Kier molecular flexibility index (Phi) is 4.97. The summed E-state index contributed by atoms with van der Waals surface area (Å²) in [5.41, 5.74) is 1.40. The molecule has 1 amide bonds. The van der Waals surface area contributed by atoms with Crippen molar-refractivity contribution in [2.75, 3.05) is 19.0 Å². The lowest BCUT2D eigenvalue weighted by molar-refractivity contribution is -0.117. The van der Waals surface area contributed by atoms with Crippen molar-refractivity contribution in [3.05, 3.63) is 23.8 Å². The Bertz CT molecular complexity index is 390. The third kappa shape index (κ3) is 4.44. The summed E-state index contributed by atoms with van der Waals surface area (Å²) in [4.78, 5) is 11.7. The molecule has 0 aliphatic carbocycles. The van der Waals surface area contributed by atoms with Crippen LogP contribution in [-0.2, 0) is 9.53 Å². The molecule has 0 aliphatic heterocycles. The van der Waals surface area contributed by atoms with Gasteiger partial charge in [0, 0.05) is 20.1 Å². The molecule has 2 N–H and O–H groups in total. The first-order chi connectivity index (χ1) is 8.02. The Labute approximate surface area is 102 Å². The molecule has 0 aliphatic rings. The Morgan fingerprint density at radius 3 is 2.82 bits per heavy atom. The van der Waals surface area contributed by atoms with Crippen LogP contribution in [0.15, 0.2) is 18.2 Å². The average Bonchev–Trinajstić information content (AvgIpc) is 2.22. The Morgan fingerprint density at radius 2 is 2.24 bits per heavy atom. The molecule has 0 saturated carbocycles. The molecule has 17 heavy (non-hydrogen) atoms. The van der Waals surface area contributed by atoms with Gasteiger partial charge in [0.15, 0.2) is 0 Å². The van der Waals surface area contributed by atoms with E-state index in [1.807, 2.05) is 19.9 Å². The number of benzene rings is 1. The fourth-order valence-electron chi connectivity index (χ4n) is 1.61. The van der Waals surface area contributed by atoms with Crippen molar-refractivity contribution >= 4 is 11.6 Å². The summed E-state index contributed by atoms with van der Waals surface area (Å²) >= 11 is 0. The summed E-state index contributed by atoms with van der Waals surface area (Å²) in [6.45, 7) is 4.37. The Hall–Kier alpha value is -1.55. The van der Waals surface area contributed by atoms with Crippen LogP contribution in [0.2, 0.25) is 0 Å². The first-order valence-corrected chi connectivity index (χ1v) is 5.61. The zero-order chi connectivity index (χ0) is 12.8. The second kappa shape index (κ2) is 6.25. The van der Waals surface area contributed by atoms with E-state index < -0.39 is 0 Å². The highest BCUT2D eigenvalue weighted by Crippen LogP contribution is 2.24. The van der Waals surface area contributed by atoms with E-state index in [9.17, 15) is 9.90 Å². The Morgan fingerprint density at radius 1 is 1.53 bits per heavy atom. The van der Waals surface area contributed by atoms with Crippen molar-refractivity contribution in [2.24, 2.45) is 5.92 Å². The number of carbonyl (C=O) groups excluding carboxylic acids is 1. The van der Waals surface area contributed by atoms with Crippen molar-refractivity contribution < 1.29 is 14.6 Å². The SMILES string of the molecule is COCC(C)CC(=O)Nc1ccc(C)cc1O. The molecule has 1 unspecified atom stereocenters. The van der Waals surface area contributed by atoms with Crippen LogP contribution in [0.5, 0.6) is 5.75 Å². The van der Waals surface area contributed by atoms with Gasteiger partial charge in [-0.1, -0.05) is 13.0 Å². The molecule has 1 aromatic rings. The van der Waals surface area contributed by atoms with Crippen molar-refractivity contribution in [3.8, 4) is 5.75 Å². The number of anilines is 1. The van der Waals surface area contributed by atoms with E-state index >= 15 is 0 Å². The second-order valence-electron chi connectivity index (χ2n) is 4.33. The highest BCUT2D eigenvalue weighted by molar-refractivity contribution is 5.92. The van der Waals surface area contributed by atoms with Gasteiger partial charge in [-0.25, -0.2) is 0 Å². The molecule has 1 aromatic carbocycles. The van der Waals surface area contributed by atoms with Gasteiger partial charge in [-0.2, -0.15) is 0 Å². The molecular formula is C13H19NO3. The fourth-order valence-corrected chi connectivity index (χ4v) is 1.61. The Balaban J connectivity index is 2.56. The number of phenolic OH excluding ortho intramolecular Hbond substituents is 1. The summed E-state index contributed by atoms with van der Waals surface area (Å²) in [6, 6.07) is 5.16.